The molecule has 86 heavy (non-hydrogen) atoms. The Bertz CT molecular complexity index is 3470. The summed E-state index contributed by atoms with van der Waals surface area (Å²) < 4.78 is 39.8. The molecular weight excluding hydrogens is 1090 g/mol. The summed E-state index contributed by atoms with van der Waals surface area (Å²) in [4.78, 5) is 83.7. The van der Waals surface area contributed by atoms with Gasteiger partial charge in [0.25, 0.3) is 11.1 Å². The van der Waals surface area contributed by atoms with Crippen molar-refractivity contribution in [3.63, 3.8) is 0 Å². The number of halogens is 2. The Labute approximate surface area is 508 Å². The smallest absolute Gasteiger partial charge is 0.308 e. The first-order chi connectivity index (χ1) is 40.4. The Kier molecular flexibility index (Phi) is 25.1. The normalized spacial score (nSPS) is 12.9. The van der Waals surface area contributed by atoms with E-state index in [0.717, 1.165) is 68.7 Å². The number of aliphatic carboxylic acids is 1. The molecule has 16 heteroatoms. The highest BCUT2D eigenvalue weighted by Crippen LogP contribution is 2.36. The van der Waals surface area contributed by atoms with Gasteiger partial charge in [-0.25, -0.2) is 8.78 Å². The number of rotatable bonds is 25. The predicted molar refractivity (Wildman–Crippen MR) is 340 cm³/mol. The van der Waals surface area contributed by atoms with Crippen LogP contribution in [0.25, 0.3) is 22.3 Å². The summed E-state index contributed by atoms with van der Waals surface area (Å²) in [5.74, 6) is -3.60. The summed E-state index contributed by atoms with van der Waals surface area (Å²) in [6.07, 6.45) is 4.88. The van der Waals surface area contributed by atoms with Crippen LogP contribution < -0.4 is 21.8 Å². The van der Waals surface area contributed by atoms with Gasteiger partial charge in [-0.15, -0.1) is 0 Å². The first-order valence-electron chi connectivity index (χ1n) is 29.9. The zero-order valence-electron chi connectivity index (χ0n) is 53.8. The molecule has 2 aromatic heterocycles. The van der Waals surface area contributed by atoms with Gasteiger partial charge in [-0.2, -0.15) is 0 Å². The van der Waals surface area contributed by atoms with Crippen molar-refractivity contribution in [3.05, 3.63) is 184 Å². The van der Waals surface area contributed by atoms with Gasteiger partial charge in [0.05, 0.1) is 31.5 Å². The first kappa shape index (κ1) is 69.2. The maximum atomic E-state index is 15.9. The Morgan fingerprint density at radius 1 is 0.547 bits per heavy atom. The highest BCUT2D eigenvalue weighted by Gasteiger charge is 2.32. The van der Waals surface area contributed by atoms with E-state index in [1.54, 1.807) is 71.3 Å². The molecule has 0 saturated heterocycles. The number of hydrogen-bond donors (Lipinski definition) is 3. The molecule has 2 amide bonds. The highest BCUT2D eigenvalue weighted by molar-refractivity contribution is 5.83. The second-order valence-electron chi connectivity index (χ2n) is 24.5. The molecule has 0 aliphatic carbocycles. The van der Waals surface area contributed by atoms with Crippen LogP contribution in [-0.4, -0.2) is 95.7 Å². The maximum absolute atomic E-state index is 15.9. The summed E-state index contributed by atoms with van der Waals surface area (Å²) in [5, 5.41) is 15.6. The van der Waals surface area contributed by atoms with Gasteiger partial charge in [-0.05, 0) is 231 Å². The summed E-state index contributed by atoms with van der Waals surface area (Å²) in [6, 6.07) is 18.6. The number of aryl methyl sites for hydroxylation is 8. The molecule has 0 bridgehead atoms. The number of carbonyl (C=O) groups excluding carboxylic acids is 3. The molecule has 4 atom stereocenters. The quantitative estimate of drug-likeness (QED) is 0.0468. The third kappa shape index (κ3) is 18.5. The average Bonchev–Trinajstić information content (AvgIpc) is 2.51. The second kappa shape index (κ2) is 31.2. The molecule has 2 heterocycles. The fourth-order valence-corrected chi connectivity index (χ4v) is 11.2. The lowest BCUT2D eigenvalue weighted by Gasteiger charge is -2.27. The van der Waals surface area contributed by atoms with Gasteiger partial charge in [0.1, 0.15) is 23.7 Å². The molecule has 2 unspecified atom stereocenters. The van der Waals surface area contributed by atoms with E-state index in [0.29, 0.717) is 47.9 Å². The van der Waals surface area contributed by atoms with Crippen LogP contribution in [0.4, 0.5) is 8.78 Å². The molecule has 4 aromatic carbocycles. The van der Waals surface area contributed by atoms with E-state index in [1.807, 2.05) is 137 Å². The fraction of sp³-hybridized carbons (Fsp3) is 0.457. The second-order valence-corrected chi connectivity index (χ2v) is 24.5. The van der Waals surface area contributed by atoms with Crippen molar-refractivity contribution in [1.82, 2.24) is 29.6 Å². The molecule has 464 valence electrons. The molecule has 0 aliphatic rings. The topological polar surface area (TPSA) is 172 Å². The number of ether oxygens (including phenoxy) is 1. The lowest BCUT2D eigenvalue weighted by molar-refractivity contribution is -0.144. The lowest BCUT2D eigenvalue weighted by atomic mass is 9.90. The number of esters is 1. The Morgan fingerprint density at radius 2 is 0.907 bits per heavy atom. The number of amides is 2. The number of pyridine rings is 2. The molecule has 0 spiro atoms. The van der Waals surface area contributed by atoms with Crippen LogP contribution in [-0.2, 0) is 36.8 Å². The minimum absolute atomic E-state index is 0.0580. The average molecular weight is 1180 g/mol. The van der Waals surface area contributed by atoms with Gasteiger partial charge in [0.2, 0.25) is 11.8 Å². The monoisotopic (exact) mass is 1180 g/mol. The van der Waals surface area contributed by atoms with E-state index in [4.69, 9.17) is 4.74 Å². The van der Waals surface area contributed by atoms with Crippen LogP contribution in [0.5, 0.6) is 0 Å². The lowest BCUT2D eigenvalue weighted by Crippen LogP contribution is -2.41. The number of carboxylic acids is 1. The number of benzene rings is 4. The largest absolute Gasteiger partial charge is 0.481 e. The van der Waals surface area contributed by atoms with E-state index in [1.165, 1.54) is 9.13 Å². The summed E-state index contributed by atoms with van der Waals surface area (Å²) in [7, 11) is 7.91. The molecule has 6 rings (SSSR count). The van der Waals surface area contributed by atoms with Crippen molar-refractivity contribution in [2.45, 2.75) is 153 Å². The number of nitrogens with one attached hydrogen (secondary N) is 2. The van der Waals surface area contributed by atoms with Crippen molar-refractivity contribution in [3.8, 4) is 22.3 Å². The molecule has 0 aliphatic heterocycles. The van der Waals surface area contributed by atoms with Gasteiger partial charge in [-0.3, -0.25) is 28.8 Å². The van der Waals surface area contributed by atoms with Gasteiger partial charge < -0.3 is 39.4 Å². The van der Waals surface area contributed by atoms with Gasteiger partial charge >= 0.3 is 11.9 Å². The third-order valence-corrected chi connectivity index (χ3v) is 15.5. The van der Waals surface area contributed by atoms with Crippen LogP contribution in [0.3, 0.4) is 0 Å². The minimum Gasteiger partial charge on any atom is -0.481 e. The van der Waals surface area contributed by atoms with Crippen LogP contribution in [0.1, 0.15) is 151 Å². The van der Waals surface area contributed by atoms with Crippen LogP contribution in [0.15, 0.2) is 94.8 Å². The number of likely N-dealkylation sites (N-methyl/N-ethyl adjacent to an activating group) is 2. The summed E-state index contributed by atoms with van der Waals surface area (Å²) in [6.45, 7) is 26.1. The third-order valence-electron chi connectivity index (χ3n) is 15.5. The van der Waals surface area contributed by atoms with Crippen molar-refractivity contribution < 1.29 is 37.8 Å². The van der Waals surface area contributed by atoms with E-state index in [-0.39, 0.29) is 47.1 Å². The highest BCUT2D eigenvalue weighted by atomic mass is 19.1. The minimum atomic E-state index is -1.17. The van der Waals surface area contributed by atoms with Crippen molar-refractivity contribution in [2.24, 2.45) is 11.8 Å². The van der Waals surface area contributed by atoms with E-state index < -0.39 is 66.0 Å². The summed E-state index contributed by atoms with van der Waals surface area (Å²) >= 11 is 0. The Balaban J connectivity index is 0.000000314. The van der Waals surface area contributed by atoms with Gasteiger partial charge in [0.15, 0.2) is 0 Å². The Hall–Kier alpha value is -7.56. The number of carboxylic acid groups (broad SMARTS) is 1. The van der Waals surface area contributed by atoms with E-state index in [2.05, 4.69) is 15.5 Å². The standard InChI is InChI=1S/C36H48FN3O4.C34H44FN3O4/c1-10-44-32(41)20-30(29-19-28(18-25(6)34(29)37)33-23(4)12-11-13-24(33)5)38-35(42)31(16-22(2)3)40-21-27(14-15-39(8)9)17-26(7)36(40)43;1-20(2)14-29(38-19-25(12-13-37(7)8)15-24(6)34(38)42)33(41)36-28(18-30(39)40)27-17-26(16-23(5)32(27)35)31-21(3)10-9-11-22(31)4/h11-13,17-19,21-22,30-31H,10,14-16,20H2,1-9H3,(H,38,42);9-11,15-17,19-20,28-29H,12-14,18H2,1-8H3,(H,36,41)(H,39,40)/t30-,31?;28-,29?/m00/s1. The zero-order chi connectivity index (χ0) is 64.0. The SMILES string of the molecule is CCOC(=O)C[C@H](NC(=O)C(CC(C)C)n1cc(CCN(C)C)cc(C)c1=O)c1cc(-c2c(C)cccc2C)cc(C)c1F.Cc1cc(-c2c(C)cccc2C)cc([C@H](CC(=O)O)NC(=O)C(CC(C)C)n2cc(CCN(C)C)cc(C)c2=O)c1F. The molecule has 0 saturated carbocycles. The van der Waals surface area contributed by atoms with Crippen LogP contribution in [0, 0.1) is 78.9 Å². The molecule has 0 fully saturated rings. The molecule has 6 aromatic rings. The fourth-order valence-electron chi connectivity index (χ4n) is 11.2. The molecule has 14 nitrogen and oxygen atoms in total. The predicted octanol–water partition coefficient (Wildman–Crippen LogP) is 12.3. The maximum Gasteiger partial charge on any atom is 0.308 e. The van der Waals surface area contributed by atoms with E-state index >= 15 is 8.78 Å². The molecule has 0 radical (unpaired) electrons. The van der Waals surface area contributed by atoms with Crippen LogP contribution in [0.2, 0.25) is 0 Å². The van der Waals surface area contributed by atoms with Gasteiger partial charge in [-0.1, -0.05) is 64.1 Å². The van der Waals surface area contributed by atoms with Crippen molar-refractivity contribution in [1.29, 1.82) is 0 Å². The number of carbonyl (C=O) groups is 4. The van der Waals surface area contributed by atoms with Gasteiger partial charge in [0, 0.05) is 47.7 Å². The first-order valence-corrected chi connectivity index (χ1v) is 29.9. The Morgan fingerprint density at radius 3 is 1.23 bits per heavy atom. The summed E-state index contributed by atoms with van der Waals surface area (Å²) in [5.41, 5.74) is 11.0. The zero-order valence-corrected chi connectivity index (χ0v) is 53.8. The van der Waals surface area contributed by atoms with E-state index in [9.17, 15) is 33.9 Å². The molecular formula is C70H92F2N6O8. The number of aromatic nitrogens is 2. The number of nitrogens with zero attached hydrogens (tertiary/aromatic N) is 4. The number of hydrogen-bond acceptors (Lipinski definition) is 9. The van der Waals surface area contributed by atoms with Crippen molar-refractivity contribution in [2.75, 3.05) is 47.9 Å². The van der Waals surface area contributed by atoms with Crippen molar-refractivity contribution >= 4 is 23.8 Å². The van der Waals surface area contributed by atoms with Crippen LogP contribution >= 0.6 is 0 Å². The molecule has 3 N–H and O–H groups in total.